The van der Waals surface area contributed by atoms with Crippen LogP contribution in [-0.2, 0) is 4.74 Å². The van der Waals surface area contributed by atoms with E-state index in [0.717, 1.165) is 36.2 Å². The van der Waals surface area contributed by atoms with Crippen LogP contribution in [-0.4, -0.2) is 42.9 Å². The number of aliphatic hydroxyl groups is 1. The lowest BCUT2D eigenvalue weighted by Crippen LogP contribution is -2.27. The molecule has 4 heteroatoms. The predicted octanol–water partition coefficient (Wildman–Crippen LogP) is 2.82. The van der Waals surface area contributed by atoms with Crippen molar-refractivity contribution in [2.75, 3.05) is 32.8 Å². The van der Waals surface area contributed by atoms with E-state index in [4.69, 9.17) is 9.15 Å². The zero-order chi connectivity index (χ0) is 14.4. The number of furan rings is 1. The van der Waals surface area contributed by atoms with E-state index in [1.165, 1.54) is 0 Å². The van der Waals surface area contributed by atoms with E-state index in [0.29, 0.717) is 13.2 Å². The summed E-state index contributed by atoms with van der Waals surface area (Å²) in [6.07, 6.45) is 1.06. The van der Waals surface area contributed by atoms with E-state index >= 15 is 0 Å². The summed E-state index contributed by atoms with van der Waals surface area (Å²) in [5, 5.41) is 11.1. The Morgan fingerprint density at radius 3 is 2.80 bits per heavy atom. The molecule has 0 aliphatic carbocycles. The topological polar surface area (TPSA) is 45.8 Å². The molecule has 1 heterocycles. The molecular weight excluding hydrogens is 254 g/mol. The highest BCUT2D eigenvalue weighted by molar-refractivity contribution is 5.77. The van der Waals surface area contributed by atoms with Gasteiger partial charge in [-0.05, 0) is 36.9 Å². The maximum atomic E-state index is 10.1. The summed E-state index contributed by atoms with van der Waals surface area (Å²) in [5.41, 5.74) is 1.70. The Hall–Kier alpha value is -1.36. The first-order valence-electron chi connectivity index (χ1n) is 7.20. The minimum atomic E-state index is -0.592. The third-order valence-electron chi connectivity index (χ3n) is 3.58. The van der Waals surface area contributed by atoms with E-state index in [1.54, 1.807) is 6.26 Å². The molecule has 110 valence electrons. The number of hydrogen-bond donors (Lipinski definition) is 1. The summed E-state index contributed by atoms with van der Waals surface area (Å²) in [4.78, 5) is 2.30. The van der Waals surface area contributed by atoms with Crippen LogP contribution in [0.25, 0.3) is 11.0 Å². The number of benzene rings is 1. The number of aliphatic hydroxyl groups excluding tert-OH is 1. The molecule has 0 aliphatic rings. The lowest BCUT2D eigenvalue weighted by atomic mass is 10.1. The maximum Gasteiger partial charge on any atom is 0.133 e. The SMILES string of the molecule is CCN(CC)CCOCC(O)c1ccc2occc2c1. The summed E-state index contributed by atoms with van der Waals surface area (Å²) in [5.74, 6) is 0. The molecule has 1 aromatic heterocycles. The van der Waals surface area contributed by atoms with Crippen LogP contribution in [0, 0.1) is 0 Å². The molecule has 0 fully saturated rings. The molecule has 2 rings (SSSR count). The Labute approximate surface area is 119 Å². The van der Waals surface area contributed by atoms with Crippen LogP contribution in [0.3, 0.4) is 0 Å². The first-order valence-corrected chi connectivity index (χ1v) is 7.20. The van der Waals surface area contributed by atoms with Crippen LogP contribution in [0.5, 0.6) is 0 Å². The van der Waals surface area contributed by atoms with Gasteiger partial charge >= 0.3 is 0 Å². The molecule has 0 saturated carbocycles. The van der Waals surface area contributed by atoms with Gasteiger partial charge in [-0.15, -0.1) is 0 Å². The highest BCUT2D eigenvalue weighted by Crippen LogP contribution is 2.21. The molecule has 0 spiro atoms. The molecule has 1 unspecified atom stereocenters. The summed E-state index contributed by atoms with van der Waals surface area (Å²) in [6, 6.07) is 7.60. The van der Waals surface area contributed by atoms with Gasteiger partial charge in [-0.3, -0.25) is 0 Å². The molecule has 4 nitrogen and oxygen atoms in total. The smallest absolute Gasteiger partial charge is 0.133 e. The van der Waals surface area contributed by atoms with E-state index in [1.807, 2.05) is 24.3 Å². The van der Waals surface area contributed by atoms with Crippen molar-refractivity contribution in [1.82, 2.24) is 4.90 Å². The number of likely N-dealkylation sites (N-methyl/N-ethyl adjacent to an activating group) is 1. The van der Waals surface area contributed by atoms with Crippen LogP contribution < -0.4 is 0 Å². The highest BCUT2D eigenvalue weighted by atomic mass is 16.5. The number of fused-ring (bicyclic) bond motifs is 1. The fraction of sp³-hybridized carbons (Fsp3) is 0.500. The fourth-order valence-corrected chi connectivity index (χ4v) is 2.22. The molecule has 0 saturated heterocycles. The van der Waals surface area contributed by atoms with Gasteiger partial charge in [0.25, 0.3) is 0 Å². The zero-order valence-electron chi connectivity index (χ0n) is 12.2. The molecule has 0 amide bonds. The van der Waals surface area contributed by atoms with Gasteiger partial charge < -0.3 is 19.2 Å². The maximum absolute atomic E-state index is 10.1. The molecule has 0 bridgehead atoms. The Balaban J connectivity index is 1.80. The van der Waals surface area contributed by atoms with Gasteiger partial charge in [-0.25, -0.2) is 0 Å². The minimum absolute atomic E-state index is 0.324. The van der Waals surface area contributed by atoms with Crippen LogP contribution in [0.1, 0.15) is 25.5 Å². The first-order chi connectivity index (χ1) is 9.74. The van der Waals surface area contributed by atoms with Gasteiger partial charge in [0.2, 0.25) is 0 Å². The Kier molecular flexibility index (Phi) is 5.59. The second kappa shape index (κ2) is 7.43. The molecule has 0 radical (unpaired) electrons. The van der Waals surface area contributed by atoms with Crippen LogP contribution in [0.2, 0.25) is 0 Å². The van der Waals surface area contributed by atoms with Crippen molar-refractivity contribution in [2.24, 2.45) is 0 Å². The normalized spacial score (nSPS) is 13.2. The quantitative estimate of drug-likeness (QED) is 0.754. The van der Waals surface area contributed by atoms with Crippen molar-refractivity contribution < 1.29 is 14.3 Å². The molecule has 1 atom stereocenters. The van der Waals surface area contributed by atoms with Gasteiger partial charge in [0.1, 0.15) is 11.7 Å². The minimum Gasteiger partial charge on any atom is -0.464 e. The van der Waals surface area contributed by atoms with Gasteiger partial charge in [-0.2, -0.15) is 0 Å². The second-order valence-electron chi connectivity index (χ2n) is 4.84. The Morgan fingerprint density at radius 1 is 1.25 bits per heavy atom. The average Bonchev–Trinajstić information content (AvgIpc) is 2.94. The van der Waals surface area contributed by atoms with Gasteiger partial charge in [0.05, 0.1) is 19.5 Å². The number of rotatable bonds is 8. The number of ether oxygens (including phenoxy) is 1. The largest absolute Gasteiger partial charge is 0.464 e. The molecule has 2 aromatic rings. The van der Waals surface area contributed by atoms with E-state index < -0.39 is 6.10 Å². The average molecular weight is 277 g/mol. The lowest BCUT2D eigenvalue weighted by Gasteiger charge is -2.18. The van der Waals surface area contributed by atoms with Crippen molar-refractivity contribution >= 4 is 11.0 Å². The second-order valence-corrected chi connectivity index (χ2v) is 4.84. The zero-order valence-corrected chi connectivity index (χ0v) is 12.2. The summed E-state index contributed by atoms with van der Waals surface area (Å²) < 4.78 is 10.8. The van der Waals surface area contributed by atoms with Gasteiger partial charge in [0, 0.05) is 11.9 Å². The summed E-state index contributed by atoms with van der Waals surface area (Å²) in [7, 11) is 0. The van der Waals surface area contributed by atoms with E-state index in [2.05, 4.69) is 18.7 Å². The Bertz CT molecular complexity index is 519. The number of nitrogens with zero attached hydrogens (tertiary/aromatic N) is 1. The molecular formula is C16H23NO3. The van der Waals surface area contributed by atoms with Gasteiger partial charge in [-0.1, -0.05) is 19.9 Å². The Morgan fingerprint density at radius 2 is 2.05 bits per heavy atom. The lowest BCUT2D eigenvalue weighted by molar-refractivity contribution is 0.0274. The third kappa shape index (κ3) is 3.82. The summed E-state index contributed by atoms with van der Waals surface area (Å²) >= 11 is 0. The van der Waals surface area contributed by atoms with Gasteiger partial charge in [0.15, 0.2) is 0 Å². The van der Waals surface area contributed by atoms with E-state index in [-0.39, 0.29) is 0 Å². The predicted molar refractivity (Wildman–Crippen MR) is 79.8 cm³/mol. The van der Waals surface area contributed by atoms with Crippen LogP contribution in [0.4, 0.5) is 0 Å². The monoisotopic (exact) mass is 277 g/mol. The van der Waals surface area contributed by atoms with Crippen LogP contribution in [0.15, 0.2) is 34.9 Å². The molecule has 1 N–H and O–H groups in total. The first kappa shape index (κ1) is 15.0. The number of hydrogen-bond acceptors (Lipinski definition) is 4. The molecule has 20 heavy (non-hydrogen) atoms. The standard InChI is InChI=1S/C16H23NO3/c1-3-17(4-2)8-10-19-12-15(18)13-5-6-16-14(11-13)7-9-20-16/h5-7,9,11,15,18H,3-4,8,10,12H2,1-2H3. The highest BCUT2D eigenvalue weighted by Gasteiger charge is 2.09. The van der Waals surface area contributed by atoms with Crippen molar-refractivity contribution in [2.45, 2.75) is 20.0 Å². The van der Waals surface area contributed by atoms with Crippen LogP contribution >= 0.6 is 0 Å². The van der Waals surface area contributed by atoms with Crippen molar-refractivity contribution in [1.29, 1.82) is 0 Å². The summed E-state index contributed by atoms with van der Waals surface area (Å²) in [6.45, 7) is 8.20. The molecule has 0 aliphatic heterocycles. The fourth-order valence-electron chi connectivity index (χ4n) is 2.22. The van der Waals surface area contributed by atoms with Crippen molar-refractivity contribution in [3.63, 3.8) is 0 Å². The molecule has 1 aromatic carbocycles. The third-order valence-corrected chi connectivity index (χ3v) is 3.58. The van der Waals surface area contributed by atoms with Crippen molar-refractivity contribution in [3.05, 3.63) is 36.1 Å². The van der Waals surface area contributed by atoms with E-state index in [9.17, 15) is 5.11 Å². The van der Waals surface area contributed by atoms with Crippen molar-refractivity contribution in [3.8, 4) is 0 Å².